The Labute approximate surface area is 109 Å². The summed E-state index contributed by atoms with van der Waals surface area (Å²) in [6.45, 7) is 4.00. The minimum atomic E-state index is 1.16. The molecule has 0 spiro atoms. The maximum Gasteiger partial charge on any atom is -0.0109 e. The zero-order chi connectivity index (χ0) is 12.8. The summed E-state index contributed by atoms with van der Waals surface area (Å²) in [5.41, 5.74) is 2.67. The van der Waals surface area contributed by atoms with E-state index in [1.54, 1.807) is 0 Å². The van der Waals surface area contributed by atoms with E-state index in [-0.39, 0.29) is 0 Å². The monoisotopic (exact) mass is 236 g/mol. The molecular weight excluding hydrogens is 216 g/mol. The van der Waals surface area contributed by atoms with E-state index in [1.165, 1.54) is 28.0 Å². The van der Waals surface area contributed by atoms with Crippen LogP contribution in [0.3, 0.4) is 0 Å². The van der Waals surface area contributed by atoms with Crippen molar-refractivity contribution in [3.05, 3.63) is 59.0 Å². The van der Waals surface area contributed by atoms with Crippen molar-refractivity contribution >= 4 is 12.2 Å². The number of fused-ring (bicyclic) bond motifs is 1. The molecular formula is C18H20. The third-order valence-electron chi connectivity index (χ3n) is 3.10. The van der Waals surface area contributed by atoms with Crippen molar-refractivity contribution in [2.24, 2.45) is 0 Å². The van der Waals surface area contributed by atoms with Crippen LogP contribution >= 0.6 is 0 Å². The van der Waals surface area contributed by atoms with Gasteiger partial charge in [-0.05, 0) is 34.4 Å². The van der Waals surface area contributed by atoms with E-state index < -0.39 is 0 Å². The first-order valence-electron chi connectivity index (χ1n) is 6.80. The Morgan fingerprint density at radius 1 is 0.722 bits per heavy atom. The third kappa shape index (κ3) is 2.53. The minimum Gasteiger partial charge on any atom is -0.0763 e. The van der Waals surface area contributed by atoms with Gasteiger partial charge in [0.05, 0.1) is 0 Å². The molecule has 0 radical (unpaired) electrons. The quantitative estimate of drug-likeness (QED) is 0.707. The molecule has 1 aliphatic carbocycles. The summed E-state index contributed by atoms with van der Waals surface area (Å²) in [6, 6.07) is 17.2. The molecule has 1 aliphatic rings. The van der Waals surface area contributed by atoms with Gasteiger partial charge in [-0.25, -0.2) is 0 Å². The molecule has 92 valence electrons. The summed E-state index contributed by atoms with van der Waals surface area (Å²) >= 11 is 0. The van der Waals surface area contributed by atoms with E-state index in [4.69, 9.17) is 0 Å². The van der Waals surface area contributed by atoms with Crippen LogP contribution in [0.25, 0.3) is 23.3 Å². The van der Waals surface area contributed by atoms with Gasteiger partial charge in [-0.1, -0.05) is 74.5 Å². The Bertz CT molecular complexity index is 606. The Kier molecular flexibility index (Phi) is 4.35. The van der Waals surface area contributed by atoms with Gasteiger partial charge in [0.15, 0.2) is 0 Å². The van der Waals surface area contributed by atoms with Gasteiger partial charge in [0.2, 0.25) is 0 Å². The van der Waals surface area contributed by atoms with Gasteiger partial charge in [0, 0.05) is 0 Å². The van der Waals surface area contributed by atoms with Crippen molar-refractivity contribution in [2.75, 3.05) is 0 Å². The van der Waals surface area contributed by atoms with Gasteiger partial charge in [-0.2, -0.15) is 0 Å². The van der Waals surface area contributed by atoms with Crippen molar-refractivity contribution in [1.29, 1.82) is 0 Å². The maximum absolute atomic E-state index is 2.36. The Balaban J connectivity index is 0.000000574. The molecule has 0 aliphatic heterocycles. The fraction of sp³-hybridized carbons (Fsp3) is 0.222. The van der Waals surface area contributed by atoms with E-state index in [0.29, 0.717) is 0 Å². The Hall–Kier alpha value is -1.82. The largest absolute Gasteiger partial charge is 0.0763 e. The molecule has 0 heterocycles. The highest BCUT2D eigenvalue weighted by Crippen LogP contribution is 2.14. The van der Waals surface area contributed by atoms with Crippen LogP contribution in [0.4, 0.5) is 0 Å². The molecule has 3 rings (SSSR count). The summed E-state index contributed by atoms with van der Waals surface area (Å²) in [7, 11) is 0. The van der Waals surface area contributed by atoms with Crippen molar-refractivity contribution in [2.45, 2.75) is 26.7 Å². The predicted molar refractivity (Wildman–Crippen MR) is 80.6 cm³/mol. The third-order valence-corrected chi connectivity index (χ3v) is 3.10. The van der Waals surface area contributed by atoms with Crippen LogP contribution in [0.1, 0.15) is 26.7 Å². The molecule has 0 unspecified atom stereocenters. The molecule has 0 amide bonds. The van der Waals surface area contributed by atoms with Gasteiger partial charge >= 0.3 is 0 Å². The van der Waals surface area contributed by atoms with Gasteiger partial charge in [0.1, 0.15) is 0 Å². The highest BCUT2D eigenvalue weighted by atomic mass is 14.1. The smallest absolute Gasteiger partial charge is 0.0109 e. The summed E-state index contributed by atoms with van der Waals surface area (Å²) in [4.78, 5) is 0. The SMILES string of the molecule is C1=c2cccc(-c3ccccc3)c2=CCC1.CC. The Morgan fingerprint density at radius 2 is 1.44 bits per heavy atom. The lowest BCUT2D eigenvalue weighted by Gasteiger charge is -2.06. The zero-order valence-electron chi connectivity index (χ0n) is 11.2. The number of benzene rings is 2. The molecule has 0 atom stereocenters. The average molecular weight is 236 g/mol. The normalized spacial score (nSPS) is 12.3. The lowest BCUT2D eigenvalue weighted by molar-refractivity contribution is 1.12. The number of hydrogen-bond donors (Lipinski definition) is 0. The van der Waals surface area contributed by atoms with Crippen LogP contribution in [0.2, 0.25) is 0 Å². The van der Waals surface area contributed by atoms with E-state index in [2.05, 4.69) is 60.7 Å². The molecule has 18 heavy (non-hydrogen) atoms. The average Bonchev–Trinajstić information content (AvgIpc) is 2.50. The van der Waals surface area contributed by atoms with Gasteiger partial charge < -0.3 is 0 Å². The molecule has 0 heteroatoms. The predicted octanol–water partition coefficient (Wildman–Crippen LogP) is 3.73. The second-order valence-corrected chi connectivity index (χ2v) is 4.16. The first kappa shape index (κ1) is 12.6. The van der Waals surface area contributed by atoms with Gasteiger partial charge in [0.25, 0.3) is 0 Å². The maximum atomic E-state index is 2.36. The van der Waals surface area contributed by atoms with Crippen LogP contribution in [-0.4, -0.2) is 0 Å². The topological polar surface area (TPSA) is 0 Å². The van der Waals surface area contributed by atoms with E-state index in [0.717, 1.165) is 6.42 Å². The second kappa shape index (κ2) is 6.20. The summed E-state index contributed by atoms with van der Waals surface area (Å²) in [5.74, 6) is 0. The first-order valence-corrected chi connectivity index (χ1v) is 6.80. The fourth-order valence-electron chi connectivity index (χ4n) is 2.32. The molecule has 2 aromatic carbocycles. The number of rotatable bonds is 1. The van der Waals surface area contributed by atoms with Crippen molar-refractivity contribution in [3.8, 4) is 11.1 Å². The molecule has 0 N–H and O–H groups in total. The fourth-order valence-corrected chi connectivity index (χ4v) is 2.32. The summed E-state index contributed by atoms with van der Waals surface area (Å²) < 4.78 is 0. The molecule has 0 saturated heterocycles. The van der Waals surface area contributed by atoms with Crippen LogP contribution < -0.4 is 10.4 Å². The van der Waals surface area contributed by atoms with E-state index in [1.807, 2.05) is 13.8 Å². The van der Waals surface area contributed by atoms with Crippen LogP contribution in [0, 0.1) is 0 Å². The zero-order valence-corrected chi connectivity index (χ0v) is 11.2. The van der Waals surface area contributed by atoms with Crippen molar-refractivity contribution in [1.82, 2.24) is 0 Å². The van der Waals surface area contributed by atoms with Crippen molar-refractivity contribution in [3.63, 3.8) is 0 Å². The molecule has 0 aromatic heterocycles. The standard InChI is InChI=1S/C16H14.C2H6/c1-2-7-13(8-3-1)16-12-6-10-14-9-4-5-11-15(14)16;1-2/h1-3,6-12H,4-5H2;1-2H3. The molecule has 0 nitrogen and oxygen atoms in total. The second-order valence-electron chi connectivity index (χ2n) is 4.16. The molecule has 0 fully saturated rings. The van der Waals surface area contributed by atoms with Gasteiger partial charge in [-0.3, -0.25) is 0 Å². The lowest BCUT2D eigenvalue weighted by Crippen LogP contribution is -2.28. The molecule has 2 aromatic rings. The number of hydrogen-bond acceptors (Lipinski definition) is 0. The summed E-state index contributed by atoms with van der Waals surface area (Å²) in [5, 5.41) is 2.78. The van der Waals surface area contributed by atoms with Crippen LogP contribution in [-0.2, 0) is 0 Å². The first-order chi connectivity index (χ1) is 8.95. The minimum absolute atomic E-state index is 1.16. The molecule has 0 saturated carbocycles. The van der Waals surface area contributed by atoms with Crippen LogP contribution in [0.5, 0.6) is 0 Å². The van der Waals surface area contributed by atoms with Crippen LogP contribution in [0.15, 0.2) is 48.5 Å². The van der Waals surface area contributed by atoms with E-state index >= 15 is 0 Å². The summed E-state index contributed by atoms with van der Waals surface area (Å²) in [6.07, 6.45) is 7.03. The highest BCUT2D eigenvalue weighted by Gasteiger charge is 2.01. The lowest BCUT2D eigenvalue weighted by atomic mass is 9.98. The highest BCUT2D eigenvalue weighted by molar-refractivity contribution is 5.66. The van der Waals surface area contributed by atoms with Crippen molar-refractivity contribution < 1.29 is 0 Å². The Morgan fingerprint density at radius 3 is 2.22 bits per heavy atom. The molecule has 0 bridgehead atoms. The van der Waals surface area contributed by atoms with E-state index in [9.17, 15) is 0 Å². The van der Waals surface area contributed by atoms with Gasteiger partial charge in [-0.15, -0.1) is 0 Å².